The van der Waals surface area contributed by atoms with Gasteiger partial charge in [0.05, 0.1) is 5.75 Å². The summed E-state index contributed by atoms with van der Waals surface area (Å²) in [5.74, 6) is -0.493. The van der Waals surface area contributed by atoms with E-state index in [-0.39, 0.29) is 11.7 Å². The predicted molar refractivity (Wildman–Crippen MR) is 68.4 cm³/mol. The quantitative estimate of drug-likeness (QED) is 0.813. The Morgan fingerprint density at radius 2 is 1.94 bits per heavy atom. The smallest absolute Gasteiger partial charge is 0.253 e. The molecular formula is C11H16N2O4S. The van der Waals surface area contributed by atoms with Gasteiger partial charge in [-0.1, -0.05) is 12.1 Å². The van der Waals surface area contributed by atoms with Crippen LogP contribution in [-0.2, 0) is 25.3 Å². The number of rotatable bonds is 5. The Kier molecular flexibility index (Phi) is 4.83. The van der Waals surface area contributed by atoms with Crippen molar-refractivity contribution in [2.45, 2.75) is 18.8 Å². The van der Waals surface area contributed by atoms with Crippen molar-refractivity contribution in [2.75, 3.05) is 12.4 Å². The molecular weight excluding hydrogens is 256 g/mol. The Morgan fingerprint density at radius 3 is 2.39 bits per heavy atom. The zero-order chi connectivity index (χ0) is 13.8. The summed E-state index contributed by atoms with van der Waals surface area (Å²) in [7, 11) is -2.09. The van der Waals surface area contributed by atoms with Gasteiger partial charge < -0.3 is 10.1 Å². The molecule has 1 rings (SSSR count). The van der Waals surface area contributed by atoms with E-state index in [0.717, 1.165) is 0 Å². The average Bonchev–Trinajstić information content (AvgIpc) is 2.28. The lowest BCUT2D eigenvalue weighted by Crippen LogP contribution is -2.26. The first-order valence-corrected chi connectivity index (χ1v) is 6.96. The van der Waals surface area contributed by atoms with Crippen LogP contribution in [0.5, 0.6) is 0 Å². The van der Waals surface area contributed by atoms with Crippen molar-refractivity contribution in [1.82, 2.24) is 0 Å². The molecule has 0 saturated carbocycles. The van der Waals surface area contributed by atoms with Gasteiger partial charge >= 0.3 is 0 Å². The third-order valence-corrected chi connectivity index (χ3v) is 3.05. The van der Waals surface area contributed by atoms with Gasteiger partial charge in [0.25, 0.3) is 5.91 Å². The van der Waals surface area contributed by atoms with E-state index < -0.39 is 16.1 Å². The molecule has 0 spiro atoms. The van der Waals surface area contributed by atoms with Crippen molar-refractivity contribution in [3.05, 3.63) is 29.8 Å². The van der Waals surface area contributed by atoms with Gasteiger partial charge in [0.15, 0.2) is 0 Å². The van der Waals surface area contributed by atoms with Gasteiger partial charge in [-0.25, -0.2) is 13.6 Å². The van der Waals surface area contributed by atoms with Crippen LogP contribution in [0, 0.1) is 0 Å². The number of amides is 1. The monoisotopic (exact) mass is 272 g/mol. The standard InChI is InChI=1S/C11H16N2O4S/c1-8(17-2)11(14)13-10-5-3-9(4-6-10)7-18(12,15)16/h3-6,8H,7H2,1-2H3,(H,13,14)(H2,12,15,16). The van der Waals surface area contributed by atoms with Crippen molar-refractivity contribution in [2.24, 2.45) is 5.14 Å². The van der Waals surface area contributed by atoms with Crippen LogP contribution >= 0.6 is 0 Å². The fraction of sp³-hybridized carbons (Fsp3) is 0.364. The maximum Gasteiger partial charge on any atom is 0.253 e. The van der Waals surface area contributed by atoms with Crippen molar-refractivity contribution in [3.63, 3.8) is 0 Å². The zero-order valence-electron chi connectivity index (χ0n) is 10.2. The number of hydrogen-bond donors (Lipinski definition) is 2. The lowest BCUT2D eigenvalue weighted by Gasteiger charge is -2.10. The molecule has 0 aromatic heterocycles. The highest BCUT2D eigenvalue weighted by Crippen LogP contribution is 2.11. The first-order valence-electron chi connectivity index (χ1n) is 5.25. The van der Waals surface area contributed by atoms with Gasteiger partial charge in [-0.2, -0.15) is 0 Å². The van der Waals surface area contributed by atoms with E-state index in [2.05, 4.69) is 5.32 Å². The zero-order valence-corrected chi connectivity index (χ0v) is 11.0. The minimum Gasteiger partial charge on any atom is -0.372 e. The number of primary sulfonamides is 1. The van der Waals surface area contributed by atoms with Gasteiger partial charge in [0.2, 0.25) is 10.0 Å². The van der Waals surface area contributed by atoms with E-state index in [1.165, 1.54) is 7.11 Å². The third-order valence-electron chi connectivity index (χ3n) is 2.31. The molecule has 0 heterocycles. The summed E-state index contributed by atoms with van der Waals surface area (Å²) >= 11 is 0. The van der Waals surface area contributed by atoms with Crippen LogP contribution < -0.4 is 10.5 Å². The second-order valence-electron chi connectivity index (χ2n) is 3.87. The number of benzene rings is 1. The number of sulfonamides is 1. The molecule has 18 heavy (non-hydrogen) atoms. The van der Waals surface area contributed by atoms with Crippen molar-refractivity contribution in [1.29, 1.82) is 0 Å². The Morgan fingerprint density at radius 1 is 1.39 bits per heavy atom. The van der Waals surface area contributed by atoms with Crippen LogP contribution in [0.2, 0.25) is 0 Å². The van der Waals surface area contributed by atoms with Crippen molar-refractivity contribution in [3.8, 4) is 0 Å². The van der Waals surface area contributed by atoms with Crippen LogP contribution in [0.15, 0.2) is 24.3 Å². The molecule has 0 aliphatic heterocycles. The minimum absolute atomic E-state index is 0.226. The van der Waals surface area contributed by atoms with Crippen molar-refractivity contribution >= 4 is 21.6 Å². The summed E-state index contributed by atoms with van der Waals surface area (Å²) in [4.78, 5) is 11.5. The summed E-state index contributed by atoms with van der Waals surface area (Å²) in [5.41, 5.74) is 1.14. The first kappa shape index (κ1) is 14.6. The van der Waals surface area contributed by atoms with E-state index in [9.17, 15) is 13.2 Å². The van der Waals surface area contributed by atoms with Gasteiger partial charge in [-0.05, 0) is 24.6 Å². The normalized spacial score (nSPS) is 13.1. The molecule has 0 bridgehead atoms. The summed E-state index contributed by atoms with van der Waals surface area (Å²) in [6, 6.07) is 6.41. The second kappa shape index (κ2) is 5.94. The van der Waals surface area contributed by atoms with Gasteiger partial charge in [-0.15, -0.1) is 0 Å². The third kappa shape index (κ3) is 4.82. The summed E-state index contributed by atoms with van der Waals surface area (Å²) in [6.45, 7) is 1.63. The molecule has 0 saturated heterocycles. The summed E-state index contributed by atoms with van der Waals surface area (Å²) < 4.78 is 26.6. The average molecular weight is 272 g/mol. The first-order chi connectivity index (χ1) is 8.31. The molecule has 0 aliphatic carbocycles. The van der Waals surface area contributed by atoms with Crippen molar-refractivity contribution < 1.29 is 17.9 Å². The van der Waals surface area contributed by atoms with Crippen LogP contribution in [-0.4, -0.2) is 27.5 Å². The molecule has 1 aromatic carbocycles. The fourth-order valence-electron chi connectivity index (χ4n) is 1.27. The predicted octanol–water partition coefficient (Wildman–Crippen LogP) is 0.449. The van der Waals surface area contributed by atoms with Crippen LogP contribution in [0.4, 0.5) is 5.69 Å². The highest BCUT2D eigenvalue weighted by atomic mass is 32.2. The Balaban J connectivity index is 2.69. The molecule has 1 aromatic rings. The molecule has 1 unspecified atom stereocenters. The Hall–Kier alpha value is -1.44. The number of nitrogens with one attached hydrogen (secondary N) is 1. The highest BCUT2D eigenvalue weighted by molar-refractivity contribution is 7.88. The van der Waals surface area contributed by atoms with Gasteiger partial charge in [-0.3, -0.25) is 4.79 Å². The molecule has 100 valence electrons. The number of ether oxygens (including phenoxy) is 1. The van der Waals surface area contributed by atoms with E-state index in [0.29, 0.717) is 11.3 Å². The molecule has 1 amide bonds. The van der Waals surface area contributed by atoms with Crippen LogP contribution in [0.25, 0.3) is 0 Å². The van der Waals surface area contributed by atoms with Gasteiger partial charge in [0, 0.05) is 12.8 Å². The second-order valence-corrected chi connectivity index (χ2v) is 5.49. The molecule has 0 radical (unpaired) electrons. The lowest BCUT2D eigenvalue weighted by atomic mass is 10.2. The van der Waals surface area contributed by atoms with E-state index in [1.54, 1.807) is 31.2 Å². The van der Waals surface area contributed by atoms with E-state index >= 15 is 0 Å². The maximum absolute atomic E-state index is 11.5. The number of carbonyl (C=O) groups excluding carboxylic acids is 1. The largest absolute Gasteiger partial charge is 0.372 e. The Bertz CT molecular complexity index is 510. The molecule has 7 heteroatoms. The molecule has 1 atom stereocenters. The van der Waals surface area contributed by atoms with Gasteiger partial charge in [0.1, 0.15) is 6.10 Å². The number of anilines is 1. The van der Waals surface area contributed by atoms with Crippen LogP contribution in [0.3, 0.4) is 0 Å². The van der Waals surface area contributed by atoms with Crippen LogP contribution in [0.1, 0.15) is 12.5 Å². The molecule has 0 fully saturated rings. The minimum atomic E-state index is -3.54. The summed E-state index contributed by atoms with van der Waals surface area (Å²) in [6.07, 6.45) is -0.547. The number of carbonyl (C=O) groups is 1. The maximum atomic E-state index is 11.5. The fourth-order valence-corrected chi connectivity index (χ4v) is 1.92. The number of hydrogen-bond acceptors (Lipinski definition) is 4. The number of methoxy groups -OCH3 is 1. The molecule has 3 N–H and O–H groups in total. The molecule has 6 nitrogen and oxygen atoms in total. The number of nitrogens with two attached hydrogens (primary N) is 1. The van der Waals surface area contributed by atoms with E-state index in [4.69, 9.17) is 9.88 Å². The highest BCUT2D eigenvalue weighted by Gasteiger charge is 2.11. The van der Waals surface area contributed by atoms with E-state index in [1.807, 2.05) is 0 Å². The molecule has 0 aliphatic rings. The Labute approximate surface area is 106 Å². The summed E-state index contributed by atoms with van der Waals surface area (Å²) in [5, 5.41) is 7.57. The SMILES string of the molecule is COC(C)C(=O)Nc1ccc(CS(N)(=O)=O)cc1. The lowest BCUT2D eigenvalue weighted by molar-refractivity contribution is -0.124. The topological polar surface area (TPSA) is 98.5 Å².